The van der Waals surface area contributed by atoms with Gasteiger partial charge in [-0.15, -0.1) is 0 Å². The molecule has 5 nitrogen and oxygen atoms in total. The summed E-state index contributed by atoms with van der Waals surface area (Å²) < 4.78 is 1.23. The number of aliphatic hydroxyl groups excluding tert-OH is 1. The number of benzene rings is 5. The highest BCUT2D eigenvalue weighted by Crippen LogP contribution is 2.33. The lowest BCUT2D eigenvalue weighted by atomic mass is 10.1. The lowest BCUT2D eigenvalue weighted by Crippen LogP contribution is -2.26. The number of fused-ring (bicyclic) bond motifs is 1. The van der Waals surface area contributed by atoms with Crippen molar-refractivity contribution >= 4 is 41.0 Å². The second kappa shape index (κ2) is 11.6. The fourth-order valence-corrected chi connectivity index (χ4v) is 7.14. The number of hydrogen-bond donors (Lipinski definition) is 1. The van der Waals surface area contributed by atoms with E-state index in [9.17, 15) is 9.90 Å². The molecular formula is C34H26N3O2P. The molecule has 0 aliphatic rings. The molecule has 0 fully saturated rings. The van der Waals surface area contributed by atoms with Gasteiger partial charge in [0.1, 0.15) is 6.10 Å². The Morgan fingerprint density at radius 3 is 1.93 bits per heavy atom. The van der Waals surface area contributed by atoms with Gasteiger partial charge in [-0.25, -0.2) is 4.98 Å². The number of para-hydroxylation sites is 1. The van der Waals surface area contributed by atoms with Crippen molar-refractivity contribution in [2.45, 2.75) is 6.10 Å². The molecule has 0 radical (unpaired) electrons. The summed E-state index contributed by atoms with van der Waals surface area (Å²) in [5, 5.41) is 20.0. The Kier molecular flexibility index (Phi) is 7.41. The third-order valence-corrected chi connectivity index (χ3v) is 9.18. The topological polar surface area (TPSA) is 67.5 Å². The van der Waals surface area contributed by atoms with Crippen molar-refractivity contribution in [3.05, 3.63) is 167 Å². The second-order valence-electron chi connectivity index (χ2n) is 9.23. The molecule has 0 saturated carbocycles. The Hall–Kier alpha value is -4.70. The lowest BCUT2D eigenvalue weighted by molar-refractivity contribution is 0.204. The van der Waals surface area contributed by atoms with E-state index in [2.05, 4.69) is 64.7 Å². The molecule has 40 heavy (non-hydrogen) atoms. The van der Waals surface area contributed by atoms with Crippen LogP contribution in [0.25, 0.3) is 10.9 Å². The van der Waals surface area contributed by atoms with Gasteiger partial charge in [-0.3, -0.25) is 4.79 Å². The van der Waals surface area contributed by atoms with E-state index in [4.69, 9.17) is 0 Å². The summed E-state index contributed by atoms with van der Waals surface area (Å²) in [4.78, 5) is 18.4. The maximum Gasteiger partial charge on any atom is 0.282 e. The third kappa shape index (κ3) is 5.13. The highest BCUT2D eigenvalue weighted by atomic mass is 31.1. The Morgan fingerprint density at radius 2 is 1.25 bits per heavy atom. The van der Waals surface area contributed by atoms with Crippen LogP contribution in [0.1, 0.15) is 23.1 Å². The standard InChI is InChI=1S/C34H26N3O2P/c38-32(25-14-4-1-5-15-25)33-36-30-22-12-11-21-29(30)34(39)37(33)35-24-26-16-10-13-23-31(26)40(27-17-6-2-7-18-27)28-19-8-3-9-20-28/h1-24,32,38H. The zero-order valence-electron chi connectivity index (χ0n) is 21.6. The van der Waals surface area contributed by atoms with Crippen LogP contribution in [0.5, 0.6) is 0 Å². The Morgan fingerprint density at radius 1 is 0.700 bits per heavy atom. The van der Waals surface area contributed by atoms with E-state index in [-0.39, 0.29) is 11.4 Å². The molecule has 0 bridgehead atoms. The van der Waals surface area contributed by atoms with Crippen molar-refractivity contribution in [2.24, 2.45) is 5.10 Å². The summed E-state index contributed by atoms with van der Waals surface area (Å²) in [6.45, 7) is 0. The average molecular weight is 540 g/mol. The van der Waals surface area contributed by atoms with Gasteiger partial charge in [0.2, 0.25) is 0 Å². The molecule has 0 spiro atoms. The fraction of sp³-hybridized carbons (Fsp3) is 0.0294. The predicted octanol–water partition coefficient (Wildman–Crippen LogP) is 5.12. The third-order valence-electron chi connectivity index (χ3n) is 6.66. The van der Waals surface area contributed by atoms with E-state index >= 15 is 0 Å². The van der Waals surface area contributed by atoms with Gasteiger partial charge in [0.05, 0.1) is 17.1 Å². The first-order valence-electron chi connectivity index (χ1n) is 13.0. The molecule has 6 heteroatoms. The summed E-state index contributed by atoms with van der Waals surface area (Å²) in [7, 11) is -0.883. The second-order valence-corrected chi connectivity index (χ2v) is 11.4. The Labute approximate surface area is 233 Å². The van der Waals surface area contributed by atoms with E-state index in [1.165, 1.54) is 15.3 Å². The van der Waals surface area contributed by atoms with Gasteiger partial charge in [0.15, 0.2) is 5.82 Å². The molecule has 0 aliphatic heterocycles. The van der Waals surface area contributed by atoms with E-state index < -0.39 is 14.0 Å². The van der Waals surface area contributed by atoms with Crippen molar-refractivity contribution in [3.8, 4) is 0 Å². The minimum absolute atomic E-state index is 0.164. The molecule has 194 valence electrons. The normalized spacial score (nSPS) is 12.2. The molecule has 5 aromatic carbocycles. The summed E-state index contributed by atoms with van der Waals surface area (Å²) in [5.41, 5.74) is 1.70. The van der Waals surface area contributed by atoms with Crippen molar-refractivity contribution < 1.29 is 5.11 Å². The molecule has 1 aromatic heterocycles. The van der Waals surface area contributed by atoms with Crippen LogP contribution < -0.4 is 21.5 Å². The summed E-state index contributed by atoms with van der Waals surface area (Å²) in [6, 6.07) is 45.3. The Balaban J connectivity index is 1.50. The van der Waals surface area contributed by atoms with Crippen LogP contribution in [0.3, 0.4) is 0 Å². The van der Waals surface area contributed by atoms with Gasteiger partial charge >= 0.3 is 0 Å². The fourth-order valence-electron chi connectivity index (χ4n) is 4.72. The van der Waals surface area contributed by atoms with Crippen LogP contribution >= 0.6 is 7.92 Å². The molecule has 0 saturated heterocycles. The predicted molar refractivity (Wildman–Crippen MR) is 165 cm³/mol. The van der Waals surface area contributed by atoms with Crippen LogP contribution in [-0.4, -0.2) is 21.0 Å². The molecular weight excluding hydrogens is 513 g/mol. The number of rotatable bonds is 7. The SMILES string of the molecule is O=c1c2ccccc2nc(C(O)c2ccccc2)n1N=Cc1ccccc1P(c1ccccc1)c1ccccc1. The lowest BCUT2D eigenvalue weighted by Gasteiger charge is -2.21. The number of nitrogens with zero attached hydrogens (tertiary/aromatic N) is 3. The van der Waals surface area contributed by atoms with E-state index in [1.54, 1.807) is 24.4 Å². The van der Waals surface area contributed by atoms with Crippen molar-refractivity contribution in [1.82, 2.24) is 9.66 Å². The smallest absolute Gasteiger partial charge is 0.282 e. The van der Waals surface area contributed by atoms with Crippen molar-refractivity contribution in [1.29, 1.82) is 0 Å². The van der Waals surface area contributed by atoms with Crippen LogP contribution in [-0.2, 0) is 0 Å². The van der Waals surface area contributed by atoms with E-state index in [0.717, 1.165) is 10.9 Å². The molecule has 0 aliphatic carbocycles. The van der Waals surface area contributed by atoms with Crippen LogP contribution in [0.15, 0.2) is 149 Å². The summed E-state index contributed by atoms with van der Waals surface area (Å²) in [5.74, 6) is 0.164. The first-order chi connectivity index (χ1) is 19.7. The van der Waals surface area contributed by atoms with Crippen LogP contribution in [0, 0.1) is 0 Å². The minimum atomic E-state index is -1.13. The first-order valence-corrected chi connectivity index (χ1v) is 14.3. The van der Waals surface area contributed by atoms with E-state index in [1.807, 2.05) is 66.7 Å². The van der Waals surface area contributed by atoms with Gasteiger partial charge in [-0.1, -0.05) is 127 Å². The molecule has 1 unspecified atom stereocenters. The number of aliphatic hydroxyl groups is 1. The van der Waals surface area contributed by atoms with Gasteiger partial charge < -0.3 is 5.11 Å². The molecule has 0 amide bonds. The van der Waals surface area contributed by atoms with Gasteiger partial charge in [0, 0.05) is 5.56 Å². The zero-order valence-corrected chi connectivity index (χ0v) is 22.5. The maximum absolute atomic E-state index is 13.7. The first kappa shape index (κ1) is 25.6. The molecule has 1 N–H and O–H groups in total. The monoisotopic (exact) mass is 539 g/mol. The highest BCUT2D eigenvalue weighted by molar-refractivity contribution is 7.80. The summed E-state index contributed by atoms with van der Waals surface area (Å²) >= 11 is 0. The van der Waals surface area contributed by atoms with E-state index in [0.29, 0.717) is 16.5 Å². The zero-order chi connectivity index (χ0) is 27.3. The van der Waals surface area contributed by atoms with Crippen molar-refractivity contribution in [3.63, 3.8) is 0 Å². The van der Waals surface area contributed by atoms with Crippen LogP contribution in [0.2, 0.25) is 0 Å². The molecule has 1 atom stereocenters. The van der Waals surface area contributed by atoms with Crippen LogP contribution in [0.4, 0.5) is 0 Å². The van der Waals surface area contributed by atoms with Crippen molar-refractivity contribution in [2.75, 3.05) is 0 Å². The Bertz CT molecular complexity index is 1800. The number of aromatic nitrogens is 2. The van der Waals surface area contributed by atoms with Gasteiger partial charge in [0.25, 0.3) is 5.56 Å². The van der Waals surface area contributed by atoms with Gasteiger partial charge in [-0.05, 0) is 41.5 Å². The van der Waals surface area contributed by atoms with Gasteiger partial charge in [-0.2, -0.15) is 9.78 Å². The molecule has 6 rings (SSSR count). The minimum Gasteiger partial charge on any atom is -0.380 e. The maximum atomic E-state index is 13.7. The molecule has 1 heterocycles. The summed E-state index contributed by atoms with van der Waals surface area (Å²) in [6.07, 6.45) is 0.576. The quantitative estimate of drug-likeness (QED) is 0.226. The largest absolute Gasteiger partial charge is 0.380 e. The average Bonchev–Trinajstić information content (AvgIpc) is 3.02. The number of hydrogen-bond acceptors (Lipinski definition) is 4. The highest BCUT2D eigenvalue weighted by Gasteiger charge is 2.21. The molecule has 6 aromatic rings.